The van der Waals surface area contributed by atoms with E-state index in [1.165, 1.54) is 12.1 Å². The van der Waals surface area contributed by atoms with Gasteiger partial charge in [-0.25, -0.2) is 8.78 Å². The zero-order chi connectivity index (χ0) is 19.4. The third kappa shape index (κ3) is 2.31. The van der Waals surface area contributed by atoms with E-state index in [4.69, 9.17) is 0 Å². The van der Waals surface area contributed by atoms with Crippen LogP contribution in [0.2, 0.25) is 0 Å². The smallest absolute Gasteiger partial charge is 0.226 e. The third-order valence-electron chi connectivity index (χ3n) is 5.20. The van der Waals surface area contributed by atoms with E-state index in [0.29, 0.717) is 43.1 Å². The predicted molar refractivity (Wildman–Crippen MR) is 107 cm³/mol. The SMILES string of the molecule is O=CC(=O)c1c2cc3c(F)cccc3cc2cc2cc3cccc(F)c3cc12. The molecule has 134 valence electrons. The number of carbonyl (C=O) groups is 2. The Morgan fingerprint density at radius 1 is 0.643 bits per heavy atom. The Hall–Kier alpha value is -3.66. The number of rotatable bonds is 2. The fourth-order valence-electron chi connectivity index (χ4n) is 3.92. The van der Waals surface area contributed by atoms with Gasteiger partial charge in [0.15, 0.2) is 6.29 Å². The molecule has 0 atom stereocenters. The maximum absolute atomic E-state index is 14.3. The summed E-state index contributed by atoms with van der Waals surface area (Å²) in [7, 11) is 0. The molecular formula is C24H12F2O2. The molecule has 0 saturated carbocycles. The van der Waals surface area contributed by atoms with Gasteiger partial charge in [-0.3, -0.25) is 9.59 Å². The number of halogens is 2. The molecule has 0 N–H and O–H groups in total. The first-order valence-corrected chi connectivity index (χ1v) is 8.73. The minimum atomic E-state index is -0.720. The summed E-state index contributed by atoms with van der Waals surface area (Å²) in [5.41, 5.74) is 0.165. The zero-order valence-electron chi connectivity index (χ0n) is 14.5. The molecule has 2 nitrogen and oxygen atoms in total. The van der Waals surface area contributed by atoms with Crippen LogP contribution >= 0.6 is 0 Å². The Balaban J connectivity index is 2.04. The van der Waals surface area contributed by atoms with Gasteiger partial charge >= 0.3 is 0 Å². The molecule has 0 bridgehead atoms. The quantitative estimate of drug-likeness (QED) is 0.166. The van der Waals surface area contributed by atoms with E-state index in [1.54, 1.807) is 48.5 Å². The molecule has 0 saturated heterocycles. The summed E-state index contributed by atoms with van der Waals surface area (Å²) in [4.78, 5) is 23.9. The number of carbonyl (C=O) groups excluding carboxylic acids is 2. The standard InChI is InChI=1S/C24H12F2O2/c25-21-5-1-3-13-7-15-9-16-8-14-4-2-6-22(26)18(14)11-20(16)24(23(28)12-27)19(15)10-17(13)21/h1-12H. The van der Waals surface area contributed by atoms with Crippen LogP contribution in [0.15, 0.2) is 66.7 Å². The van der Waals surface area contributed by atoms with Crippen molar-refractivity contribution < 1.29 is 18.4 Å². The van der Waals surface area contributed by atoms with Crippen molar-refractivity contribution in [3.63, 3.8) is 0 Å². The molecule has 0 radical (unpaired) electrons. The van der Waals surface area contributed by atoms with Gasteiger partial charge < -0.3 is 0 Å². The van der Waals surface area contributed by atoms with E-state index in [9.17, 15) is 18.4 Å². The number of ketones is 1. The molecule has 0 heterocycles. The molecule has 0 fully saturated rings. The molecule has 0 spiro atoms. The summed E-state index contributed by atoms with van der Waals surface area (Å²) in [5, 5.41) is 4.49. The molecule has 5 aromatic rings. The van der Waals surface area contributed by atoms with Crippen LogP contribution < -0.4 is 0 Å². The lowest BCUT2D eigenvalue weighted by atomic mass is 9.91. The summed E-state index contributed by atoms with van der Waals surface area (Å²) < 4.78 is 28.6. The van der Waals surface area contributed by atoms with Crippen LogP contribution in [0.1, 0.15) is 10.4 Å². The normalized spacial score (nSPS) is 11.5. The summed E-state index contributed by atoms with van der Waals surface area (Å²) in [6, 6.07) is 18.2. The second-order valence-corrected chi connectivity index (χ2v) is 6.80. The predicted octanol–water partition coefficient (Wildman–Crippen LogP) is 5.96. The van der Waals surface area contributed by atoms with Crippen LogP contribution in [0, 0.1) is 11.6 Å². The van der Waals surface area contributed by atoms with Crippen LogP contribution in [0.5, 0.6) is 0 Å². The Morgan fingerprint density at radius 2 is 1.11 bits per heavy atom. The van der Waals surface area contributed by atoms with Crippen LogP contribution in [0.25, 0.3) is 43.1 Å². The number of aldehydes is 1. The minimum absolute atomic E-state index is 0.165. The van der Waals surface area contributed by atoms with E-state index in [1.807, 2.05) is 6.07 Å². The Labute approximate surface area is 158 Å². The number of hydrogen-bond acceptors (Lipinski definition) is 2. The summed E-state index contributed by atoms with van der Waals surface area (Å²) in [5.74, 6) is -1.54. The first-order chi connectivity index (χ1) is 13.6. The highest BCUT2D eigenvalue weighted by molar-refractivity contribution is 6.40. The Kier molecular flexibility index (Phi) is 3.49. The molecule has 5 aromatic carbocycles. The van der Waals surface area contributed by atoms with E-state index in [-0.39, 0.29) is 11.8 Å². The van der Waals surface area contributed by atoms with Gasteiger partial charge in [-0.15, -0.1) is 0 Å². The van der Waals surface area contributed by atoms with Crippen molar-refractivity contribution in [2.24, 2.45) is 0 Å². The van der Waals surface area contributed by atoms with Gasteiger partial charge in [0.05, 0.1) is 0 Å². The average Bonchev–Trinajstić information content (AvgIpc) is 2.70. The van der Waals surface area contributed by atoms with Crippen molar-refractivity contribution in [2.75, 3.05) is 0 Å². The van der Waals surface area contributed by atoms with Crippen LogP contribution in [0.4, 0.5) is 8.78 Å². The monoisotopic (exact) mass is 370 g/mol. The van der Waals surface area contributed by atoms with Crippen molar-refractivity contribution in [3.8, 4) is 0 Å². The van der Waals surface area contributed by atoms with E-state index in [0.717, 1.165) is 0 Å². The molecule has 0 aliphatic rings. The third-order valence-corrected chi connectivity index (χ3v) is 5.20. The fourth-order valence-corrected chi connectivity index (χ4v) is 3.92. The molecule has 0 aromatic heterocycles. The fraction of sp³-hybridized carbons (Fsp3) is 0. The lowest BCUT2D eigenvalue weighted by Gasteiger charge is -2.12. The average molecular weight is 370 g/mol. The minimum Gasteiger partial charge on any atom is -0.294 e. The van der Waals surface area contributed by atoms with Crippen LogP contribution in [-0.2, 0) is 4.79 Å². The van der Waals surface area contributed by atoms with Crippen molar-refractivity contribution in [1.82, 2.24) is 0 Å². The van der Waals surface area contributed by atoms with Crippen molar-refractivity contribution >= 4 is 55.2 Å². The van der Waals surface area contributed by atoms with E-state index in [2.05, 4.69) is 0 Å². The van der Waals surface area contributed by atoms with Gasteiger partial charge in [-0.1, -0.05) is 24.3 Å². The number of fused-ring (bicyclic) bond motifs is 4. The number of benzene rings is 5. The summed E-state index contributed by atoms with van der Waals surface area (Å²) in [6.45, 7) is 0. The highest BCUT2D eigenvalue weighted by atomic mass is 19.1. The van der Waals surface area contributed by atoms with Crippen molar-refractivity contribution in [1.29, 1.82) is 0 Å². The first-order valence-electron chi connectivity index (χ1n) is 8.73. The van der Waals surface area contributed by atoms with Crippen molar-refractivity contribution in [2.45, 2.75) is 0 Å². The molecule has 28 heavy (non-hydrogen) atoms. The zero-order valence-corrected chi connectivity index (χ0v) is 14.5. The van der Waals surface area contributed by atoms with Gasteiger partial charge in [-0.2, -0.15) is 0 Å². The highest BCUT2D eigenvalue weighted by Gasteiger charge is 2.17. The van der Waals surface area contributed by atoms with Crippen molar-refractivity contribution in [3.05, 3.63) is 83.9 Å². The van der Waals surface area contributed by atoms with Crippen LogP contribution in [0.3, 0.4) is 0 Å². The molecular weight excluding hydrogens is 358 g/mol. The topological polar surface area (TPSA) is 34.1 Å². The second-order valence-electron chi connectivity index (χ2n) is 6.80. The van der Waals surface area contributed by atoms with E-state index < -0.39 is 17.4 Å². The first kappa shape index (κ1) is 16.5. The summed E-state index contributed by atoms with van der Waals surface area (Å²) >= 11 is 0. The van der Waals surface area contributed by atoms with E-state index >= 15 is 0 Å². The highest BCUT2D eigenvalue weighted by Crippen LogP contribution is 2.35. The molecule has 0 aliphatic carbocycles. The number of hydrogen-bond donors (Lipinski definition) is 0. The van der Waals surface area contributed by atoms with Gasteiger partial charge in [0.2, 0.25) is 5.78 Å². The van der Waals surface area contributed by atoms with Gasteiger partial charge in [-0.05, 0) is 74.8 Å². The molecule has 0 aliphatic heterocycles. The molecule has 5 rings (SSSR count). The summed E-state index contributed by atoms with van der Waals surface area (Å²) in [6.07, 6.45) is 0.241. The van der Waals surface area contributed by atoms with Gasteiger partial charge in [0.25, 0.3) is 0 Å². The Morgan fingerprint density at radius 3 is 1.57 bits per heavy atom. The second kappa shape index (κ2) is 5.92. The maximum atomic E-state index is 14.3. The Bertz CT molecular complexity index is 1370. The molecule has 0 amide bonds. The molecule has 4 heteroatoms. The largest absolute Gasteiger partial charge is 0.294 e. The molecule has 0 unspecified atom stereocenters. The number of Topliss-reactive ketones (excluding diaryl/α,β-unsaturated/α-hetero) is 1. The lowest BCUT2D eigenvalue weighted by molar-refractivity contribution is -0.104. The van der Waals surface area contributed by atoms with Crippen LogP contribution in [-0.4, -0.2) is 12.1 Å². The van der Waals surface area contributed by atoms with Gasteiger partial charge in [0.1, 0.15) is 11.6 Å². The lowest BCUT2D eigenvalue weighted by Crippen LogP contribution is -2.03. The maximum Gasteiger partial charge on any atom is 0.226 e. The van der Waals surface area contributed by atoms with Gasteiger partial charge in [0, 0.05) is 16.3 Å².